The lowest BCUT2D eigenvalue weighted by atomic mass is 9.99. The number of aliphatic hydroxyl groups excluding tert-OH is 1. The van der Waals surface area contributed by atoms with Gasteiger partial charge in [0.25, 0.3) is 0 Å². The van der Waals surface area contributed by atoms with Crippen LogP contribution in [0.15, 0.2) is 48.8 Å². The number of aromatic nitrogens is 4. The number of esters is 1. The van der Waals surface area contributed by atoms with Crippen molar-refractivity contribution in [3.63, 3.8) is 0 Å². The Kier molecular flexibility index (Phi) is 7.85. The second-order valence-corrected chi connectivity index (χ2v) is 14.4. The van der Waals surface area contributed by atoms with Crippen molar-refractivity contribution in [3.05, 3.63) is 54.6 Å². The molecule has 3 heterocycles. The van der Waals surface area contributed by atoms with Crippen LogP contribution in [-0.4, -0.2) is 67.9 Å². The molecule has 0 amide bonds. The molecule has 1 aliphatic carbocycles. The maximum absolute atomic E-state index is 16.0. The Morgan fingerprint density at radius 2 is 1.98 bits per heavy atom. The largest absolute Gasteiger partial charge is 0.464 e. The molecule has 4 aromatic rings. The number of carbonyl (C=O) groups excluding carboxylic acids is 1. The Morgan fingerprint density at radius 1 is 1.24 bits per heavy atom. The summed E-state index contributed by atoms with van der Waals surface area (Å²) in [5.74, 6) is -3.11. The molecule has 0 bridgehead atoms. The number of fused-ring (bicyclic) bond motifs is 3. The van der Waals surface area contributed by atoms with Crippen LogP contribution >= 0.6 is 7.75 Å². The monoisotopic (exact) mass is 642 g/mol. The van der Waals surface area contributed by atoms with E-state index in [1.54, 1.807) is 31.2 Å². The summed E-state index contributed by atoms with van der Waals surface area (Å²) in [6.45, 7) is 8.49. The van der Waals surface area contributed by atoms with Crippen molar-refractivity contribution in [2.75, 3.05) is 18.9 Å². The van der Waals surface area contributed by atoms with Crippen LogP contribution in [-0.2, 0) is 23.4 Å². The van der Waals surface area contributed by atoms with Crippen LogP contribution in [0.2, 0.25) is 0 Å². The molecule has 15 heteroatoms. The van der Waals surface area contributed by atoms with E-state index in [0.717, 1.165) is 5.39 Å². The third-order valence-corrected chi connectivity index (χ3v) is 9.39. The quantitative estimate of drug-likeness (QED) is 0.166. The first kappa shape index (κ1) is 31.3. The third kappa shape index (κ3) is 6.00. The fraction of sp³-hybridized carbons (Fsp3) is 0.467. The van der Waals surface area contributed by atoms with Gasteiger partial charge >= 0.3 is 13.7 Å². The minimum atomic E-state index is -4.34. The first-order chi connectivity index (χ1) is 21.2. The number of hydrogen-bond donors (Lipinski definition) is 3. The number of benzene rings is 2. The van der Waals surface area contributed by atoms with Gasteiger partial charge in [-0.25, -0.2) is 23.9 Å². The number of aliphatic hydroxyl groups is 1. The number of nitrogen functional groups attached to an aromatic ring is 1. The van der Waals surface area contributed by atoms with Crippen LogP contribution in [0.4, 0.5) is 10.2 Å². The molecule has 7 atom stereocenters. The predicted octanol–water partition coefficient (Wildman–Crippen LogP) is 4.24. The molecule has 1 aliphatic heterocycles. The zero-order valence-electron chi connectivity index (χ0n) is 25.5. The van der Waals surface area contributed by atoms with E-state index in [2.05, 4.69) is 20.0 Å². The number of hydrogen-bond acceptors (Lipinski definition) is 11. The van der Waals surface area contributed by atoms with Gasteiger partial charge < -0.3 is 29.4 Å². The molecule has 1 saturated carbocycles. The lowest BCUT2D eigenvalue weighted by molar-refractivity contribution is -0.148. The van der Waals surface area contributed by atoms with Crippen molar-refractivity contribution in [3.8, 4) is 5.75 Å². The Morgan fingerprint density at radius 3 is 2.69 bits per heavy atom. The zero-order valence-corrected chi connectivity index (χ0v) is 26.4. The number of halogens is 1. The minimum Gasteiger partial charge on any atom is -0.464 e. The molecule has 0 radical (unpaired) electrons. The van der Waals surface area contributed by atoms with E-state index >= 15 is 4.39 Å². The van der Waals surface area contributed by atoms with Gasteiger partial charge in [0.15, 0.2) is 11.5 Å². The molecule has 2 aliphatic rings. The van der Waals surface area contributed by atoms with E-state index in [4.69, 9.17) is 24.3 Å². The van der Waals surface area contributed by atoms with Gasteiger partial charge in [0, 0.05) is 5.39 Å². The van der Waals surface area contributed by atoms with Crippen molar-refractivity contribution in [2.45, 2.75) is 64.8 Å². The average Bonchev–Trinajstić information content (AvgIpc) is 3.21. The van der Waals surface area contributed by atoms with Crippen molar-refractivity contribution < 1.29 is 37.4 Å². The number of nitrogens with zero attached hydrogens (tertiary/aromatic N) is 4. The predicted molar refractivity (Wildman–Crippen MR) is 163 cm³/mol. The Hall–Kier alpha value is -3.68. The molecule has 45 heavy (non-hydrogen) atoms. The molecule has 3 unspecified atom stereocenters. The number of anilines is 1. The van der Waals surface area contributed by atoms with E-state index < -0.39 is 56.4 Å². The van der Waals surface area contributed by atoms with Crippen molar-refractivity contribution >= 4 is 41.5 Å². The number of aryl methyl sites for hydroxylation is 1. The average molecular weight is 643 g/mol. The summed E-state index contributed by atoms with van der Waals surface area (Å²) < 4.78 is 54.5. The van der Waals surface area contributed by atoms with Gasteiger partial charge in [-0.1, -0.05) is 57.2 Å². The summed E-state index contributed by atoms with van der Waals surface area (Å²) in [6, 6.07) is 10.5. The number of rotatable bonds is 10. The topological polar surface area (TPSA) is 173 Å². The van der Waals surface area contributed by atoms with E-state index in [-0.39, 0.29) is 23.6 Å². The number of carbonyl (C=O) groups is 1. The summed E-state index contributed by atoms with van der Waals surface area (Å²) >= 11 is 0. The highest BCUT2D eigenvalue weighted by Crippen LogP contribution is 2.66. The van der Waals surface area contributed by atoms with Crippen molar-refractivity contribution in [1.29, 1.82) is 0 Å². The number of imidazole rings is 1. The molecule has 0 spiro atoms. The minimum absolute atomic E-state index is 0.140. The molecule has 6 rings (SSSR count). The number of nitrogens with two attached hydrogens (primary N) is 1. The molecule has 4 N–H and O–H groups in total. The lowest BCUT2D eigenvalue weighted by Gasteiger charge is -2.27. The highest BCUT2D eigenvalue weighted by atomic mass is 31.2. The van der Waals surface area contributed by atoms with Crippen LogP contribution in [0.1, 0.15) is 39.6 Å². The zero-order chi connectivity index (χ0) is 32.3. The summed E-state index contributed by atoms with van der Waals surface area (Å²) in [6.07, 6.45) is -1.14. The van der Waals surface area contributed by atoms with Gasteiger partial charge in [-0.3, -0.25) is 9.32 Å². The van der Waals surface area contributed by atoms with E-state index in [1.807, 2.05) is 39.0 Å². The number of alkyl halides is 1. The van der Waals surface area contributed by atoms with Crippen LogP contribution in [0, 0.1) is 18.3 Å². The molecule has 2 aromatic carbocycles. The second-order valence-electron chi connectivity index (χ2n) is 12.7. The standard InChI is InChI=1S/C30H36FN6O7P/c1-16(28(39)41-14-29(3,4)5)36-45(40,44-20-12-8-10-18-9-6-7-11-19(18)20)42-13-21-24(38)22-25(30(22,31)43-21)37-15-33-23-26(32)34-17(2)35-27(23)37/h6-12,15-16,21-22,24-25,38H,13-14H2,1-5H3,(H,36,40)(H2,32,34,35)/t16-,21+,22?,24-,25-,30?,45?/m0/s1. The SMILES string of the molecule is Cc1nc(N)c2ncn([C@H]3C4[C@@H](O)[C@@H](COP(=O)(N[C@@H](C)C(=O)OCC(C)(C)C)Oc5cccc6ccccc56)OC43F)c2n1. The molecule has 2 fully saturated rings. The lowest BCUT2D eigenvalue weighted by Crippen LogP contribution is -2.38. The summed E-state index contributed by atoms with van der Waals surface area (Å²) in [5.41, 5.74) is 6.31. The Balaban J connectivity index is 1.20. The van der Waals surface area contributed by atoms with E-state index in [9.17, 15) is 14.5 Å². The first-order valence-electron chi connectivity index (χ1n) is 14.6. The van der Waals surface area contributed by atoms with E-state index in [1.165, 1.54) is 17.8 Å². The number of ether oxygens (including phenoxy) is 2. The summed E-state index contributed by atoms with van der Waals surface area (Å²) in [7, 11) is -4.34. The molecule has 13 nitrogen and oxygen atoms in total. The third-order valence-electron chi connectivity index (χ3n) is 7.76. The fourth-order valence-corrected chi connectivity index (χ4v) is 7.08. The Bertz CT molecular complexity index is 1810. The normalized spacial score (nSPS) is 26.4. The van der Waals surface area contributed by atoms with Crippen LogP contribution in [0.25, 0.3) is 21.9 Å². The molecular weight excluding hydrogens is 606 g/mol. The van der Waals surface area contributed by atoms with Crippen LogP contribution in [0.3, 0.4) is 0 Å². The van der Waals surface area contributed by atoms with Crippen LogP contribution < -0.4 is 15.3 Å². The van der Waals surface area contributed by atoms with Gasteiger partial charge in [0.05, 0.1) is 31.6 Å². The van der Waals surface area contributed by atoms with Crippen LogP contribution in [0.5, 0.6) is 5.75 Å². The number of nitrogens with one attached hydrogen (secondary N) is 1. The fourth-order valence-electron chi connectivity index (χ4n) is 5.56. The summed E-state index contributed by atoms with van der Waals surface area (Å²) in [5, 5.41) is 15.2. The molecule has 1 saturated heterocycles. The van der Waals surface area contributed by atoms with Crippen molar-refractivity contribution in [2.24, 2.45) is 11.3 Å². The maximum atomic E-state index is 16.0. The molecule has 240 valence electrons. The van der Waals surface area contributed by atoms with Gasteiger partial charge in [-0.15, -0.1) is 0 Å². The highest BCUT2D eigenvalue weighted by Gasteiger charge is 2.78. The molecule has 2 aromatic heterocycles. The summed E-state index contributed by atoms with van der Waals surface area (Å²) in [4.78, 5) is 25.4. The van der Waals surface area contributed by atoms with E-state index in [0.29, 0.717) is 22.4 Å². The maximum Gasteiger partial charge on any atom is 0.459 e. The second kappa shape index (κ2) is 11.3. The smallest absolute Gasteiger partial charge is 0.459 e. The van der Waals surface area contributed by atoms with Crippen molar-refractivity contribution in [1.82, 2.24) is 24.6 Å². The van der Waals surface area contributed by atoms with Gasteiger partial charge in [-0.05, 0) is 30.7 Å². The van der Waals surface area contributed by atoms with Gasteiger partial charge in [0.1, 0.15) is 35.3 Å². The highest BCUT2D eigenvalue weighted by molar-refractivity contribution is 7.52. The molecular formula is C30H36FN6O7P. The Labute approximate surface area is 258 Å². The van der Waals surface area contributed by atoms with Gasteiger partial charge in [-0.2, -0.15) is 5.09 Å². The first-order valence-corrected chi connectivity index (χ1v) is 16.1. The van der Waals surface area contributed by atoms with Gasteiger partial charge in [0.2, 0.25) is 5.85 Å².